The van der Waals surface area contributed by atoms with Gasteiger partial charge in [0, 0.05) is 12.0 Å². The van der Waals surface area contributed by atoms with Gasteiger partial charge in [-0.15, -0.1) is 0 Å². The molecule has 20 heavy (non-hydrogen) atoms. The number of aromatic nitrogens is 1. The first-order chi connectivity index (χ1) is 9.62. The zero-order valence-corrected chi connectivity index (χ0v) is 11.7. The van der Waals surface area contributed by atoms with Crippen LogP contribution in [0, 0.1) is 11.3 Å². The van der Waals surface area contributed by atoms with Crippen molar-refractivity contribution in [3.05, 3.63) is 35.9 Å². The molecule has 1 fully saturated rings. The molecule has 0 radical (unpaired) electrons. The summed E-state index contributed by atoms with van der Waals surface area (Å²) in [6.45, 7) is 4.90. The van der Waals surface area contributed by atoms with E-state index in [0.717, 1.165) is 23.9 Å². The largest absolute Gasteiger partial charge is 0.376 e. The Kier molecular flexibility index (Phi) is 3.07. The Labute approximate surface area is 118 Å². The van der Waals surface area contributed by atoms with Gasteiger partial charge in [0.2, 0.25) is 0 Å². The third-order valence-corrected chi connectivity index (χ3v) is 4.13. The predicted molar refractivity (Wildman–Crippen MR) is 78.5 cm³/mol. The van der Waals surface area contributed by atoms with Gasteiger partial charge in [-0.2, -0.15) is 5.26 Å². The van der Waals surface area contributed by atoms with Crippen molar-refractivity contribution in [1.29, 1.82) is 5.26 Å². The first-order valence-corrected chi connectivity index (χ1v) is 6.82. The van der Waals surface area contributed by atoms with Crippen molar-refractivity contribution in [2.24, 2.45) is 0 Å². The molecule has 0 spiro atoms. The van der Waals surface area contributed by atoms with Gasteiger partial charge in [0.15, 0.2) is 0 Å². The second kappa shape index (κ2) is 4.77. The number of anilines is 1. The summed E-state index contributed by atoms with van der Waals surface area (Å²) in [5.74, 6) is 0.644. The van der Waals surface area contributed by atoms with Crippen molar-refractivity contribution in [2.45, 2.75) is 31.9 Å². The Hall–Kier alpha value is -2.12. The van der Waals surface area contributed by atoms with Crippen LogP contribution in [0.3, 0.4) is 0 Å². The van der Waals surface area contributed by atoms with Crippen LogP contribution in [-0.4, -0.2) is 23.2 Å². The van der Waals surface area contributed by atoms with Crippen molar-refractivity contribution in [3.8, 4) is 6.07 Å². The molecule has 2 unspecified atom stereocenters. The Bertz CT molecular complexity index is 692. The van der Waals surface area contributed by atoms with Gasteiger partial charge in [0.1, 0.15) is 11.9 Å². The topological polar surface area (TPSA) is 57.9 Å². The summed E-state index contributed by atoms with van der Waals surface area (Å²) in [6, 6.07) is 11.9. The molecule has 2 atom stereocenters. The SMILES string of the molecule is CC1OCCC1(C)Nc1nc2ccccc2cc1C#N. The fourth-order valence-corrected chi connectivity index (χ4v) is 2.57. The van der Waals surface area contributed by atoms with Crippen LogP contribution < -0.4 is 5.32 Å². The normalized spacial score (nSPS) is 25.6. The van der Waals surface area contributed by atoms with E-state index < -0.39 is 0 Å². The molecule has 0 bridgehead atoms. The summed E-state index contributed by atoms with van der Waals surface area (Å²) >= 11 is 0. The third-order valence-electron chi connectivity index (χ3n) is 4.13. The van der Waals surface area contributed by atoms with E-state index in [1.807, 2.05) is 37.3 Å². The standard InChI is InChI=1S/C16H17N3O/c1-11-16(2,7-8-20-11)19-15-13(10-17)9-12-5-3-4-6-14(12)18-15/h3-6,9,11H,7-8H2,1-2H3,(H,18,19). The molecule has 1 saturated heterocycles. The van der Waals surface area contributed by atoms with Crippen molar-refractivity contribution >= 4 is 16.7 Å². The quantitative estimate of drug-likeness (QED) is 0.908. The molecule has 4 nitrogen and oxygen atoms in total. The van der Waals surface area contributed by atoms with Crippen LogP contribution >= 0.6 is 0 Å². The minimum atomic E-state index is -0.180. The zero-order valence-electron chi connectivity index (χ0n) is 11.7. The average Bonchev–Trinajstić information content (AvgIpc) is 2.77. The van der Waals surface area contributed by atoms with Crippen LogP contribution in [0.2, 0.25) is 0 Å². The van der Waals surface area contributed by atoms with Gasteiger partial charge in [-0.05, 0) is 32.4 Å². The zero-order chi connectivity index (χ0) is 14.2. The van der Waals surface area contributed by atoms with E-state index in [9.17, 15) is 5.26 Å². The lowest BCUT2D eigenvalue weighted by Crippen LogP contribution is -2.41. The predicted octanol–water partition coefficient (Wildman–Crippen LogP) is 3.09. The molecule has 1 aromatic carbocycles. The van der Waals surface area contributed by atoms with Gasteiger partial charge in [-0.3, -0.25) is 0 Å². The van der Waals surface area contributed by atoms with Gasteiger partial charge in [0.25, 0.3) is 0 Å². The van der Waals surface area contributed by atoms with Crippen molar-refractivity contribution in [2.75, 3.05) is 11.9 Å². The van der Waals surface area contributed by atoms with Crippen LogP contribution in [0.5, 0.6) is 0 Å². The number of benzene rings is 1. The molecule has 1 N–H and O–H groups in total. The first-order valence-electron chi connectivity index (χ1n) is 6.82. The summed E-state index contributed by atoms with van der Waals surface area (Å²) in [4.78, 5) is 4.60. The second-order valence-electron chi connectivity index (χ2n) is 5.49. The minimum absolute atomic E-state index is 0.0994. The molecule has 4 heteroatoms. The molecule has 1 aliphatic rings. The number of nitriles is 1. The molecule has 3 rings (SSSR count). The van der Waals surface area contributed by atoms with Gasteiger partial charge in [-0.25, -0.2) is 4.98 Å². The smallest absolute Gasteiger partial charge is 0.145 e. The Morgan fingerprint density at radius 1 is 1.45 bits per heavy atom. The molecule has 2 aromatic rings. The lowest BCUT2D eigenvalue weighted by molar-refractivity contribution is 0.105. The highest BCUT2D eigenvalue weighted by molar-refractivity contribution is 5.82. The monoisotopic (exact) mass is 267 g/mol. The summed E-state index contributed by atoms with van der Waals surface area (Å²) in [5.41, 5.74) is 1.29. The van der Waals surface area contributed by atoms with E-state index in [2.05, 4.69) is 23.3 Å². The number of nitrogens with one attached hydrogen (secondary N) is 1. The number of hydrogen-bond donors (Lipinski definition) is 1. The van der Waals surface area contributed by atoms with Crippen LogP contribution in [0.4, 0.5) is 5.82 Å². The highest BCUT2D eigenvalue weighted by Crippen LogP contribution is 2.31. The first kappa shape index (κ1) is 12.9. The van der Waals surface area contributed by atoms with E-state index in [1.165, 1.54) is 0 Å². The average molecular weight is 267 g/mol. The number of hydrogen-bond acceptors (Lipinski definition) is 4. The van der Waals surface area contributed by atoms with E-state index in [4.69, 9.17) is 4.74 Å². The molecule has 0 saturated carbocycles. The van der Waals surface area contributed by atoms with Crippen molar-refractivity contribution in [1.82, 2.24) is 4.98 Å². The maximum Gasteiger partial charge on any atom is 0.145 e. The van der Waals surface area contributed by atoms with Gasteiger partial charge in [0.05, 0.1) is 22.7 Å². The highest BCUT2D eigenvalue weighted by atomic mass is 16.5. The Morgan fingerprint density at radius 2 is 2.25 bits per heavy atom. The molecule has 1 aliphatic heterocycles. The molecule has 2 heterocycles. The lowest BCUT2D eigenvalue weighted by Gasteiger charge is -2.30. The fourth-order valence-electron chi connectivity index (χ4n) is 2.57. The number of rotatable bonds is 2. The molecular weight excluding hydrogens is 250 g/mol. The highest BCUT2D eigenvalue weighted by Gasteiger charge is 2.37. The van der Waals surface area contributed by atoms with E-state index >= 15 is 0 Å². The summed E-state index contributed by atoms with van der Waals surface area (Å²) in [5, 5.41) is 13.7. The number of nitrogens with zero attached hydrogens (tertiary/aromatic N) is 2. The van der Waals surface area contributed by atoms with Crippen LogP contribution in [0.1, 0.15) is 25.8 Å². The van der Waals surface area contributed by atoms with E-state index in [-0.39, 0.29) is 11.6 Å². The van der Waals surface area contributed by atoms with Gasteiger partial charge >= 0.3 is 0 Å². The Morgan fingerprint density at radius 3 is 2.95 bits per heavy atom. The second-order valence-corrected chi connectivity index (χ2v) is 5.49. The molecular formula is C16H17N3O. The van der Waals surface area contributed by atoms with Gasteiger partial charge in [-0.1, -0.05) is 18.2 Å². The molecule has 0 aliphatic carbocycles. The minimum Gasteiger partial charge on any atom is -0.376 e. The summed E-state index contributed by atoms with van der Waals surface area (Å²) in [7, 11) is 0. The number of para-hydroxylation sites is 1. The van der Waals surface area contributed by atoms with Crippen LogP contribution in [0.25, 0.3) is 10.9 Å². The number of ether oxygens (including phenoxy) is 1. The fraction of sp³-hybridized carbons (Fsp3) is 0.375. The Balaban J connectivity index is 2.04. The summed E-state index contributed by atoms with van der Waals surface area (Å²) in [6.07, 6.45) is 1.01. The number of fused-ring (bicyclic) bond motifs is 1. The summed E-state index contributed by atoms with van der Waals surface area (Å²) < 4.78 is 5.63. The lowest BCUT2D eigenvalue weighted by atomic mass is 9.94. The maximum absolute atomic E-state index is 9.34. The molecule has 1 aromatic heterocycles. The number of pyridine rings is 1. The third kappa shape index (κ3) is 2.10. The van der Waals surface area contributed by atoms with Crippen molar-refractivity contribution < 1.29 is 4.74 Å². The van der Waals surface area contributed by atoms with Crippen LogP contribution in [0.15, 0.2) is 30.3 Å². The van der Waals surface area contributed by atoms with Crippen LogP contribution in [-0.2, 0) is 4.74 Å². The maximum atomic E-state index is 9.34. The van der Waals surface area contributed by atoms with Gasteiger partial charge < -0.3 is 10.1 Å². The van der Waals surface area contributed by atoms with E-state index in [0.29, 0.717) is 11.4 Å². The molecule has 102 valence electrons. The van der Waals surface area contributed by atoms with E-state index in [1.54, 1.807) is 0 Å². The molecule has 0 amide bonds. The van der Waals surface area contributed by atoms with Crippen molar-refractivity contribution in [3.63, 3.8) is 0 Å².